The normalized spacial score (nSPS) is 15.1. The van der Waals surface area contributed by atoms with Crippen LogP contribution in [0.2, 0.25) is 0 Å². The van der Waals surface area contributed by atoms with E-state index in [1.54, 1.807) is 7.05 Å². The molecule has 1 heterocycles. The van der Waals surface area contributed by atoms with Gasteiger partial charge in [-0.2, -0.15) is 0 Å². The first-order chi connectivity index (χ1) is 15.5. The third kappa shape index (κ3) is 6.74. The molecule has 1 unspecified atom stereocenters. The van der Waals surface area contributed by atoms with Crippen molar-refractivity contribution < 1.29 is 9.53 Å². The lowest BCUT2D eigenvalue weighted by Crippen LogP contribution is -2.36. The van der Waals surface area contributed by atoms with E-state index in [-0.39, 0.29) is 12.0 Å². The number of nitrogens with zero attached hydrogens (tertiary/aromatic N) is 2. The van der Waals surface area contributed by atoms with Crippen LogP contribution in [0.1, 0.15) is 55.4 Å². The average molecular weight is 437 g/mol. The summed E-state index contributed by atoms with van der Waals surface area (Å²) in [6, 6.07) is 14.7. The summed E-state index contributed by atoms with van der Waals surface area (Å²) in [6.45, 7) is 9.13. The minimum atomic E-state index is 0.177. The highest BCUT2D eigenvalue weighted by molar-refractivity contribution is 5.79. The molecule has 0 bridgehead atoms. The highest BCUT2D eigenvalue weighted by Gasteiger charge is 2.19. The van der Waals surface area contributed by atoms with Crippen molar-refractivity contribution in [1.82, 2.24) is 15.5 Å². The van der Waals surface area contributed by atoms with E-state index < -0.39 is 0 Å². The molecule has 0 saturated carbocycles. The van der Waals surface area contributed by atoms with Gasteiger partial charge in [-0.1, -0.05) is 43.3 Å². The molecule has 1 atom stereocenters. The Balaban J connectivity index is 1.56. The largest absolute Gasteiger partial charge is 0.490 e. The molecule has 2 N–H and O–H groups in total. The number of benzene rings is 2. The van der Waals surface area contributed by atoms with Gasteiger partial charge in [0.2, 0.25) is 5.91 Å². The fraction of sp³-hybridized carbons (Fsp3) is 0.462. The fourth-order valence-electron chi connectivity index (χ4n) is 3.73. The van der Waals surface area contributed by atoms with Crippen LogP contribution in [0.15, 0.2) is 47.5 Å². The van der Waals surface area contributed by atoms with Gasteiger partial charge >= 0.3 is 0 Å². The van der Waals surface area contributed by atoms with Crippen LogP contribution in [-0.2, 0) is 24.4 Å². The van der Waals surface area contributed by atoms with Crippen LogP contribution in [0.4, 0.5) is 0 Å². The van der Waals surface area contributed by atoms with Gasteiger partial charge in [0.25, 0.3) is 0 Å². The second-order valence-electron chi connectivity index (χ2n) is 8.47. The standard InChI is InChI=1S/C26H36N4O2/c1-5-20(3)32-24-14-19(2)11-12-23(24)17-29-26(27-4)28-16-21-8-6-9-22(15-21)18-30-13-7-10-25(30)31/h6,8-9,11-12,14-15,20H,5,7,10,13,16-18H2,1-4H3,(H2,27,28,29). The molecule has 1 aliphatic heterocycles. The number of carbonyl (C=O) groups excluding carboxylic acids is 1. The first-order valence-electron chi connectivity index (χ1n) is 11.5. The van der Waals surface area contributed by atoms with E-state index in [2.05, 4.69) is 72.8 Å². The molecule has 0 spiro atoms. The van der Waals surface area contributed by atoms with Gasteiger partial charge < -0.3 is 20.3 Å². The zero-order valence-corrected chi connectivity index (χ0v) is 19.8. The molecule has 0 aromatic heterocycles. The molecule has 6 nitrogen and oxygen atoms in total. The second kappa shape index (κ2) is 11.6. The van der Waals surface area contributed by atoms with Gasteiger partial charge in [0.1, 0.15) is 5.75 Å². The lowest BCUT2D eigenvalue weighted by Gasteiger charge is -2.18. The van der Waals surface area contributed by atoms with Crippen LogP contribution in [-0.4, -0.2) is 36.5 Å². The third-order valence-electron chi connectivity index (χ3n) is 5.79. The van der Waals surface area contributed by atoms with Crippen molar-refractivity contribution >= 4 is 11.9 Å². The Kier molecular flexibility index (Phi) is 8.54. The number of ether oxygens (including phenoxy) is 1. The monoisotopic (exact) mass is 436 g/mol. The molecule has 6 heteroatoms. The number of carbonyl (C=O) groups is 1. The number of rotatable bonds is 9. The summed E-state index contributed by atoms with van der Waals surface area (Å²) in [5, 5.41) is 6.78. The lowest BCUT2D eigenvalue weighted by molar-refractivity contribution is -0.128. The molecule has 0 radical (unpaired) electrons. The zero-order chi connectivity index (χ0) is 22.9. The molecule has 1 aliphatic rings. The fourth-order valence-corrected chi connectivity index (χ4v) is 3.73. The van der Waals surface area contributed by atoms with Gasteiger partial charge in [0.15, 0.2) is 5.96 Å². The highest BCUT2D eigenvalue weighted by atomic mass is 16.5. The predicted octanol–water partition coefficient (Wildman–Crippen LogP) is 4.16. The maximum absolute atomic E-state index is 11.9. The van der Waals surface area contributed by atoms with E-state index in [9.17, 15) is 4.79 Å². The minimum Gasteiger partial charge on any atom is -0.490 e. The van der Waals surface area contributed by atoms with Crippen molar-refractivity contribution in [3.63, 3.8) is 0 Å². The van der Waals surface area contributed by atoms with Crippen molar-refractivity contribution in [3.05, 3.63) is 64.7 Å². The van der Waals surface area contributed by atoms with E-state index in [4.69, 9.17) is 4.74 Å². The van der Waals surface area contributed by atoms with Crippen LogP contribution in [0.3, 0.4) is 0 Å². The van der Waals surface area contributed by atoms with Crippen LogP contribution in [0.5, 0.6) is 5.75 Å². The van der Waals surface area contributed by atoms with Gasteiger partial charge in [-0.05, 0) is 49.4 Å². The summed E-state index contributed by atoms with van der Waals surface area (Å²) in [6.07, 6.45) is 2.78. The molecule has 1 amide bonds. The summed E-state index contributed by atoms with van der Waals surface area (Å²) in [4.78, 5) is 18.2. The summed E-state index contributed by atoms with van der Waals surface area (Å²) >= 11 is 0. The van der Waals surface area contributed by atoms with E-state index in [1.165, 1.54) is 5.56 Å². The molecule has 2 aromatic carbocycles. The number of hydrogen-bond donors (Lipinski definition) is 2. The van der Waals surface area contributed by atoms with E-state index >= 15 is 0 Å². The second-order valence-corrected chi connectivity index (χ2v) is 8.47. The molecule has 2 aromatic rings. The van der Waals surface area contributed by atoms with Crippen molar-refractivity contribution in [2.75, 3.05) is 13.6 Å². The van der Waals surface area contributed by atoms with Crippen LogP contribution >= 0.6 is 0 Å². The number of amides is 1. The maximum Gasteiger partial charge on any atom is 0.222 e. The molecular weight excluding hydrogens is 400 g/mol. The van der Waals surface area contributed by atoms with Crippen molar-refractivity contribution in [2.45, 2.75) is 65.8 Å². The average Bonchev–Trinajstić information content (AvgIpc) is 3.19. The third-order valence-corrected chi connectivity index (χ3v) is 5.79. The number of guanidine groups is 1. The predicted molar refractivity (Wildman–Crippen MR) is 130 cm³/mol. The van der Waals surface area contributed by atoms with Crippen molar-refractivity contribution in [1.29, 1.82) is 0 Å². The van der Waals surface area contributed by atoms with E-state index in [0.29, 0.717) is 26.1 Å². The highest BCUT2D eigenvalue weighted by Crippen LogP contribution is 2.22. The smallest absolute Gasteiger partial charge is 0.222 e. The number of likely N-dealkylation sites (tertiary alicyclic amines) is 1. The molecule has 0 aliphatic carbocycles. The molecule has 32 heavy (non-hydrogen) atoms. The zero-order valence-electron chi connectivity index (χ0n) is 19.8. The van der Waals surface area contributed by atoms with E-state index in [0.717, 1.165) is 47.8 Å². The van der Waals surface area contributed by atoms with Crippen LogP contribution in [0.25, 0.3) is 0 Å². The Hall–Kier alpha value is -3.02. The van der Waals surface area contributed by atoms with Gasteiger partial charge in [-0.15, -0.1) is 0 Å². The Labute approximate surface area is 192 Å². The Morgan fingerprint density at radius 1 is 1.16 bits per heavy atom. The maximum atomic E-state index is 11.9. The minimum absolute atomic E-state index is 0.177. The SMILES string of the molecule is CCC(C)Oc1cc(C)ccc1CNC(=NC)NCc1cccc(CN2CCCC2=O)c1. The summed E-state index contributed by atoms with van der Waals surface area (Å²) in [5.41, 5.74) is 4.61. The van der Waals surface area contributed by atoms with Crippen molar-refractivity contribution in [2.24, 2.45) is 4.99 Å². The quantitative estimate of drug-likeness (QED) is 0.458. The Morgan fingerprint density at radius 3 is 2.66 bits per heavy atom. The van der Waals surface area contributed by atoms with Crippen LogP contribution < -0.4 is 15.4 Å². The summed E-state index contributed by atoms with van der Waals surface area (Å²) in [5.74, 6) is 1.91. The van der Waals surface area contributed by atoms with Crippen LogP contribution in [0, 0.1) is 6.92 Å². The Morgan fingerprint density at radius 2 is 1.94 bits per heavy atom. The number of hydrogen-bond acceptors (Lipinski definition) is 3. The van der Waals surface area contributed by atoms with Gasteiger partial charge in [0, 0.05) is 45.2 Å². The van der Waals surface area contributed by atoms with Crippen molar-refractivity contribution in [3.8, 4) is 5.75 Å². The van der Waals surface area contributed by atoms with Gasteiger partial charge in [0.05, 0.1) is 6.10 Å². The number of nitrogens with one attached hydrogen (secondary N) is 2. The van der Waals surface area contributed by atoms with Gasteiger partial charge in [-0.3, -0.25) is 9.79 Å². The first kappa shape index (κ1) is 23.6. The molecule has 1 saturated heterocycles. The van der Waals surface area contributed by atoms with Gasteiger partial charge in [-0.25, -0.2) is 0 Å². The number of aliphatic imine (C=N–C) groups is 1. The molecular formula is C26H36N4O2. The lowest BCUT2D eigenvalue weighted by atomic mass is 10.1. The molecule has 1 fully saturated rings. The first-order valence-corrected chi connectivity index (χ1v) is 11.5. The topological polar surface area (TPSA) is 66.0 Å². The Bertz CT molecular complexity index is 941. The van der Waals surface area contributed by atoms with E-state index in [1.807, 2.05) is 11.0 Å². The number of aryl methyl sites for hydroxylation is 1. The molecule has 172 valence electrons. The molecule has 3 rings (SSSR count). The summed E-state index contributed by atoms with van der Waals surface area (Å²) in [7, 11) is 1.77. The summed E-state index contributed by atoms with van der Waals surface area (Å²) < 4.78 is 6.12.